The summed E-state index contributed by atoms with van der Waals surface area (Å²) in [7, 11) is 1.81. The van der Waals surface area contributed by atoms with E-state index in [1.54, 1.807) is 17.8 Å². The topological polar surface area (TPSA) is 96.3 Å². The minimum Gasteiger partial charge on any atom is -0.481 e. The van der Waals surface area contributed by atoms with Gasteiger partial charge >= 0.3 is 12.0 Å². The van der Waals surface area contributed by atoms with E-state index >= 15 is 0 Å². The summed E-state index contributed by atoms with van der Waals surface area (Å²) >= 11 is 0. The number of aryl methyl sites for hydroxylation is 1. The van der Waals surface area contributed by atoms with E-state index in [0.717, 1.165) is 5.56 Å². The van der Waals surface area contributed by atoms with Gasteiger partial charge in [0.05, 0.1) is 12.1 Å². The fourth-order valence-electron chi connectivity index (χ4n) is 1.54. The molecule has 106 valence electrons. The zero-order valence-corrected chi connectivity index (χ0v) is 11.2. The predicted octanol–water partition coefficient (Wildman–Crippen LogP) is 0.720. The number of carboxylic acids is 1. The first-order valence-electron chi connectivity index (χ1n) is 6.21. The average molecular weight is 268 g/mol. The second-order valence-electron chi connectivity index (χ2n) is 4.51. The van der Waals surface area contributed by atoms with E-state index < -0.39 is 5.97 Å². The van der Waals surface area contributed by atoms with E-state index in [1.165, 1.54) is 0 Å². The van der Waals surface area contributed by atoms with Gasteiger partial charge in [0, 0.05) is 31.9 Å². The molecule has 7 heteroatoms. The van der Waals surface area contributed by atoms with Crippen molar-refractivity contribution in [2.24, 2.45) is 13.0 Å². The molecular weight excluding hydrogens is 248 g/mol. The number of urea groups is 1. The molecule has 1 unspecified atom stereocenters. The van der Waals surface area contributed by atoms with E-state index in [-0.39, 0.29) is 11.9 Å². The fraction of sp³-hybridized carbons (Fsp3) is 0.583. The third-order valence-corrected chi connectivity index (χ3v) is 2.73. The summed E-state index contributed by atoms with van der Waals surface area (Å²) in [4.78, 5) is 22.0. The van der Waals surface area contributed by atoms with Crippen molar-refractivity contribution in [3.05, 3.63) is 18.0 Å². The maximum atomic E-state index is 11.4. The summed E-state index contributed by atoms with van der Waals surface area (Å²) in [6, 6.07) is -0.258. The van der Waals surface area contributed by atoms with E-state index in [0.29, 0.717) is 25.9 Å². The highest BCUT2D eigenvalue weighted by atomic mass is 16.4. The smallest absolute Gasteiger partial charge is 0.315 e. The minimum absolute atomic E-state index is 0.258. The molecule has 1 atom stereocenters. The van der Waals surface area contributed by atoms with Crippen molar-refractivity contribution in [2.45, 2.75) is 26.3 Å². The Labute approximate surface area is 112 Å². The third-order valence-electron chi connectivity index (χ3n) is 2.73. The molecule has 0 aromatic carbocycles. The van der Waals surface area contributed by atoms with Crippen molar-refractivity contribution in [1.29, 1.82) is 0 Å². The van der Waals surface area contributed by atoms with Gasteiger partial charge in [0.1, 0.15) is 0 Å². The predicted molar refractivity (Wildman–Crippen MR) is 69.5 cm³/mol. The van der Waals surface area contributed by atoms with Gasteiger partial charge in [-0.1, -0.05) is 6.92 Å². The monoisotopic (exact) mass is 268 g/mol. The highest BCUT2D eigenvalue weighted by Gasteiger charge is 2.10. The maximum Gasteiger partial charge on any atom is 0.315 e. The van der Waals surface area contributed by atoms with Crippen LogP contribution in [0.4, 0.5) is 4.79 Å². The Bertz CT molecular complexity index is 430. The van der Waals surface area contributed by atoms with Crippen molar-refractivity contribution >= 4 is 12.0 Å². The van der Waals surface area contributed by atoms with Gasteiger partial charge in [0.15, 0.2) is 0 Å². The third kappa shape index (κ3) is 5.89. The zero-order valence-electron chi connectivity index (χ0n) is 11.2. The van der Waals surface area contributed by atoms with Gasteiger partial charge in [-0.25, -0.2) is 4.79 Å². The lowest BCUT2D eigenvalue weighted by molar-refractivity contribution is -0.141. The molecule has 0 aliphatic rings. The van der Waals surface area contributed by atoms with Crippen LogP contribution in [0.3, 0.4) is 0 Å². The first kappa shape index (κ1) is 15.0. The number of aliphatic carboxylic acids is 1. The molecular formula is C12H20N4O3. The molecule has 0 radical (unpaired) electrons. The van der Waals surface area contributed by atoms with Crippen molar-refractivity contribution in [3.63, 3.8) is 0 Å². The maximum absolute atomic E-state index is 11.4. The number of aromatic nitrogens is 2. The van der Waals surface area contributed by atoms with Crippen molar-refractivity contribution in [3.8, 4) is 0 Å². The summed E-state index contributed by atoms with van der Waals surface area (Å²) in [5.74, 6) is -1.18. The largest absolute Gasteiger partial charge is 0.481 e. The Morgan fingerprint density at radius 2 is 2.21 bits per heavy atom. The van der Waals surface area contributed by atoms with Crippen LogP contribution in [0.2, 0.25) is 0 Å². The Morgan fingerprint density at radius 3 is 2.79 bits per heavy atom. The molecule has 0 spiro atoms. The number of carbonyl (C=O) groups is 2. The molecule has 0 saturated heterocycles. The molecule has 7 nitrogen and oxygen atoms in total. The number of carbonyl (C=O) groups excluding carboxylic acids is 1. The van der Waals surface area contributed by atoms with Gasteiger partial charge in [-0.05, 0) is 12.8 Å². The lowest BCUT2D eigenvalue weighted by Crippen LogP contribution is -2.35. The Hall–Kier alpha value is -2.05. The summed E-state index contributed by atoms with van der Waals surface area (Å²) < 4.78 is 1.67. The molecule has 0 aliphatic heterocycles. The number of nitrogens with zero attached hydrogens (tertiary/aromatic N) is 2. The molecule has 3 N–H and O–H groups in total. The van der Waals surface area contributed by atoms with Crippen LogP contribution in [0.25, 0.3) is 0 Å². The average Bonchev–Trinajstić information content (AvgIpc) is 2.77. The minimum atomic E-state index is -0.805. The van der Waals surface area contributed by atoms with Crippen LogP contribution in [0.1, 0.15) is 25.3 Å². The molecule has 1 aromatic heterocycles. The van der Waals surface area contributed by atoms with Crippen LogP contribution < -0.4 is 10.6 Å². The van der Waals surface area contributed by atoms with Crippen LogP contribution >= 0.6 is 0 Å². The van der Waals surface area contributed by atoms with Crippen molar-refractivity contribution in [2.75, 3.05) is 6.54 Å². The summed E-state index contributed by atoms with van der Waals surface area (Å²) in [6.07, 6.45) is 4.72. The van der Waals surface area contributed by atoms with Gasteiger partial charge in [-0.2, -0.15) is 5.10 Å². The Morgan fingerprint density at radius 1 is 1.47 bits per heavy atom. The van der Waals surface area contributed by atoms with Crippen LogP contribution in [0, 0.1) is 5.92 Å². The number of rotatable bonds is 7. The first-order valence-corrected chi connectivity index (χ1v) is 6.21. The second-order valence-corrected chi connectivity index (χ2v) is 4.51. The molecule has 0 saturated carbocycles. The molecule has 1 rings (SSSR count). The summed E-state index contributed by atoms with van der Waals surface area (Å²) in [5.41, 5.74) is 0.928. The standard InChI is InChI=1S/C12H20N4O3/c1-9(11(17)18)4-3-5-13-12(19)14-6-10-7-15-16(2)8-10/h7-9H,3-6H2,1-2H3,(H,17,18)(H2,13,14,19). The molecule has 0 bridgehead atoms. The van der Waals surface area contributed by atoms with Crippen LogP contribution in [-0.2, 0) is 18.4 Å². The molecule has 2 amide bonds. The summed E-state index contributed by atoms with van der Waals surface area (Å²) in [6.45, 7) is 2.55. The fourth-order valence-corrected chi connectivity index (χ4v) is 1.54. The quantitative estimate of drug-likeness (QED) is 0.635. The number of carboxylic acid groups (broad SMARTS) is 1. The van der Waals surface area contributed by atoms with Crippen molar-refractivity contribution < 1.29 is 14.7 Å². The van der Waals surface area contributed by atoms with Crippen molar-refractivity contribution in [1.82, 2.24) is 20.4 Å². The van der Waals surface area contributed by atoms with E-state index in [1.807, 2.05) is 13.2 Å². The number of amides is 2. The van der Waals surface area contributed by atoms with Crippen LogP contribution in [0.15, 0.2) is 12.4 Å². The van der Waals surface area contributed by atoms with Crippen LogP contribution in [-0.4, -0.2) is 33.4 Å². The zero-order chi connectivity index (χ0) is 14.3. The Kier molecular flexibility index (Phi) is 5.84. The van der Waals surface area contributed by atoms with Crippen LogP contribution in [0.5, 0.6) is 0 Å². The summed E-state index contributed by atoms with van der Waals surface area (Å²) in [5, 5.41) is 18.1. The number of hydrogen-bond acceptors (Lipinski definition) is 3. The SMILES string of the molecule is CC(CCCNC(=O)NCc1cnn(C)c1)C(=O)O. The van der Waals surface area contributed by atoms with Gasteiger partial charge in [-0.15, -0.1) is 0 Å². The normalized spacial score (nSPS) is 11.9. The number of hydrogen-bond donors (Lipinski definition) is 3. The highest BCUT2D eigenvalue weighted by molar-refractivity contribution is 5.73. The van der Waals surface area contributed by atoms with E-state index in [4.69, 9.17) is 5.11 Å². The molecule has 1 heterocycles. The second kappa shape index (κ2) is 7.40. The van der Waals surface area contributed by atoms with Gasteiger partial charge in [0.2, 0.25) is 0 Å². The van der Waals surface area contributed by atoms with Gasteiger partial charge in [0.25, 0.3) is 0 Å². The van der Waals surface area contributed by atoms with E-state index in [2.05, 4.69) is 15.7 Å². The molecule has 0 aliphatic carbocycles. The number of nitrogens with one attached hydrogen (secondary N) is 2. The Balaban J connectivity index is 2.10. The highest BCUT2D eigenvalue weighted by Crippen LogP contribution is 2.04. The molecule has 1 aromatic rings. The molecule has 0 fully saturated rings. The lowest BCUT2D eigenvalue weighted by atomic mass is 10.1. The molecule has 19 heavy (non-hydrogen) atoms. The van der Waals surface area contributed by atoms with Gasteiger partial charge in [-0.3, -0.25) is 9.48 Å². The van der Waals surface area contributed by atoms with Gasteiger partial charge < -0.3 is 15.7 Å². The first-order chi connectivity index (χ1) is 8.99. The van der Waals surface area contributed by atoms with E-state index in [9.17, 15) is 9.59 Å². The lowest BCUT2D eigenvalue weighted by Gasteiger charge is -2.08.